The first-order chi connectivity index (χ1) is 6.59. The molecular weight excluding hydrogens is 180 g/mol. The number of aryl methyl sites for hydroxylation is 2. The Balaban J connectivity index is 2.55. The molecule has 1 N–H and O–H groups in total. The molecule has 78 valence electrons. The lowest BCUT2D eigenvalue weighted by atomic mass is 10.2. The van der Waals surface area contributed by atoms with Crippen molar-refractivity contribution in [3.63, 3.8) is 0 Å². The van der Waals surface area contributed by atoms with Gasteiger partial charge in [-0.05, 0) is 26.7 Å². The second kappa shape index (κ2) is 4.91. The molecule has 0 fully saturated rings. The maximum absolute atomic E-state index is 11.4. The van der Waals surface area contributed by atoms with Crippen LogP contribution in [0.3, 0.4) is 0 Å². The maximum Gasteiger partial charge on any atom is 0.253 e. The second-order valence-corrected chi connectivity index (χ2v) is 3.55. The molecule has 0 saturated carbocycles. The Bertz CT molecular complexity index is 344. The molecule has 0 aliphatic heterocycles. The zero-order valence-electron chi connectivity index (χ0n) is 8.60. The number of aliphatic hydroxyl groups excluding tert-OH is 1. The highest BCUT2D eigenvalue weighted by Crippen LogP contribution is 1.97. The Kier molecular flexibility index (Phi) is 3.83. The highest BCUT2D eigenvalue weighted by molar-refractivity contribution is 4.95. The largest absolute Gasteiger partial charge is 0.393 e. The number of aromatic nitrogens is 2. The first kappa shape index (κ1) is 10.9. The van der Waals surface area contributed by atoms with Gasteiger partial charge >= 0.3 is 0 Å². The van der Waals surface area contributed by atoms with Crippen LogP contribution in [0.25, 0.3) is 0 Å². The summed E-state index contributed by atoms with van der Waals surface area (Å²) in [6, 6.07) is 1.52. The van der Waals surface area contributed by atoms with Gasteiger partial charge in [-0.15, -0.1) is 0 Å². The smallest absolute Gasteiger partial charge is 0.253 e. The third-order valence-electron chi connectivity index (χ3n) is 2.04. The number of nitrogens with zero attached hydrogens (tertiary/aromatic N) is 2. The molecule has 4 nitrogen and oxygen atoms in total. The molecule has 1 heterocycles. The first-order valence-corrected chi connectivity index (χ1v) is 4.81. The molecule has 0 bridgehead atoms. The van der Waals surface area contributed by atoms with E-state index in [9.17, 15) is 4.79 Å². The predicted molar refractivity (Wildman–Crippen MR) is 54.1 cm³/mol. The zero-order chi connectivity index (χ0) is 10.6. The summed E-state index contributed by atoms with van der Waals surface area (Å²) in [7, 11) is 0. The van der Waals surface area contributed by atoms with Crippen LogP contribution in [0.15, 0.2) is 17.2 Å². The van der Waals surface area contributed by atoms with Crippen molar-refractivity contribution in [2.24, 2.45) is 0 Å². The molecule has 1 rings (SSSR count). The van der Waals surface area contributed by atoms with E-state index in [4.69, 9.17) is 5.11 Å². The van der Waals surface area contributed by atoms with E-state index in [0.717, 1.165) is 12.1 Å². The summed E-state index contributed by atoms with van der Waals surface area (Å²) < 4.78 is 1.56. The van der Waals surface area contributed by atoms with Crippen molar-refractivity contribution in [1.29, 1.82) is 0 Å². The normalized spacial score (nSPS) is 12.8. The van der Waals surface area contributed by atoms with Crippen LogP contribution in [0, 0.1) is 6.92 Å². The van der Waals surface area contributed by atoms with Crippen molar-refractivity contribution in [2.45, 2.75) is 39.3 Å². The van der Waals surface area contributed by atoms with Gasteiger partial charge in [0.15, 0.2) is 0 Å². The van der Waals surface area contributed by atoms with Gasteiger partial charge in [0.2, 0.25) is 0 Å². The summed E-state index contributed by atoms with van der Waals surface area (Å²) >= 11 is 0. The van der Waals surface area contributed by atoms with Gasteiger partial charge in [-0.3, -0.25) is 9.36 Å². The summed E-state index contributed by atoms with van der Waals surface area (Å²) in [6.07, 6.45) is 2.76. The van der Waals surface area contributed by atoms with Gasteiger partial charge in [-0.1, -0.05) is 0 Å². The lowest BCUT2D eigenvalue weighted by molar-refractivity contribution is 0.179. The summed E-state index contributed by atoms with van der Waals surface area (Å²) in [5.41, 5.74) is 0.713. The number of rotatable bonds is 4. The highest BCUT2D eigenvalue weighted by atomic mass is 16.3. The molecule has 4 heteroatoms. The van der Waals surface area contributed by atoms with Crippen LogP contribution in [-0.4, -0.2) is 20.8 Å². The van der Waals surface area contributed by atoms with Crippen LogP contribution in [0.2, 0.25) is 0 Å². The molecule has 1 aromatic rings. The van der Waals surface area contributed by atoms with E-state index < -0.39 is 0 Å². The van der Waals surface area contributed by atoms with E-state index in [1.54, 1.807) is 24.7 Å². The third kappa shape index (κ3) is 3.30. The van der Waals surface area contributed by atoms with E-state index >= 15 is 0 Å². The molecule has 0 amide bonds. The van der Waals surface area contributed by atoms with E-state index in [1.807, 2.05) is 0 Å². The SMILES string of the molecule is Cc1cc(=O)n(CCCC(C)O)cn1. The Labute approximate surface area is 83.2 Å². The minimum absolute atomic E-state index is 0.0249. The maximum atomic E-state index is 11.4. The standard InChI is InChI=1S/C10H16N2O2/c1-8-6-10(14)12(7-11-8)5-3-4-9(2)13/h6-7,9,13H,3-5H2,1-2H3. The van der Waals surface area contributed by atoms with Gasteiger partial charge < -0.3 is 5.11 Å². The van der Waals surface area contributed by atoms with Crippen molar-refractivity contribution in [1.82, 2.24) is 9.55 Å². The van der Waals surface area contributed by atoms with Gasteiger partial charge in [-0.2, -0.15) is 0 Å². The summed E-state index contributed by atoms with van der Waals surface area (Å²) in [5.74, 6) is 0. The molecule has 1 unspecified atom stereocenters. The van der Waals surface area contributed by atoms with Crippen molar-refractivity contribution in [3.05, 3.63) is 28.4 Å². The zero-order valence-corrected chi connectivity index (χ0v) is 8.60. The van der Waals surface area contributed by atoms with Crippen molar-refractivity contribution in [3.8, 4) is 0 Å². The van der Waals surface area contributed by atoms with Gasteiger partial charge in [-0.25, -0.2) is 4.98 Å². The molecule has 0 aliphatic rings. The van der Waals surface area contributed by atoms with Crippen LogP contribution in [0.5, 0.6) is 0 Å². The Morgan fingerprint density at radius 3 is 2.93 bits per heavy atom. The van der Waals surface area contributed by atoms with Gasteiger partial charge in [0.25, 0.3) is 5.56 Å². The Hall–Kier alpha value is -1.16. The van der Waals surface area contributed by atoms with Crippen molar-refractivity contribution >= 4 is 0 Å². The topological polar surface area (TPSA) is 55.1 Å². The van der Waals surface area contributed by atoms with Crippen LogP contribution in [0.4, 0.5) is 0 Å². The highest BCUT2D eigenvalue weighted by Gasteiger charge is 1.99. The fourth-order valence-corrected chi connectivity index (χ4v) is 1.24. The van der Waals surface area contributed by atoms with Crippen LogP contribution in [0.1, 0.15) is 25.5 Å². The van der Waals surface area contributed by atoms with Gasteiger partial charge in [0, 0.05) is 18.3 Å². The molecule has 0 aromatic carbocycles. The molecule has 0 spiro atoms. The lowest BCUT2D eigenvalue weighted by Crippen LogP contribution is -2.20. The lowest BCUT2D eigenvalue weighted by Gasteiger charge is -2.06. The van der Waals surface area contributed by atoms with Crippen LogP contribution >= 0.6 is 0 Å². The molecule has 1 aromatic heterocycles. The van der Waals surface area contributed by atoms with E-state index in [0.29, 0.717) is 13.0 Å². The van der Waals surface area contributed by atoms with E-state index in [-0.39, 0.29) is 11.7 Å². The minimum Gasteiger partial charge on any atom is -0.393 e. The number of hydrogen-bond acceptors (Lipinski definition) is 3. The van der Waals surface area contributed by atoms with Gasteiger partial charge in [0.05, 0.1) is 12.4 Å². The van der Waals surface area contributed by atoms with Gasteiger partial charge in [0.1, 0.15) is 0 Å². The quantitative estimate of drug-likeness (QED) is 0.771. The monoisotopic (exact) mass is 196 g/mol. The van der Waals surface area contributed by atoms with Crippen molar-refractivity contribution < 1.29 is 5.11 Å². The predicted octanol–water partition coefficient (Wildman–Crippen LogP) is 0.713. The summed E-state index contributed by atoms with van der Waals surface area (Å²) in [6.45, 7) is 4.16. The summed E-state index contributed by atoms with van der Waals surface area (Å²) in [5, 5.41) is 9.04. The second-order valence-electron chi connectivity index (χ2n) is 3.55. The first-order valence-electron chi connectivity index (χ1n) is 4.81. The average Bonchev–Trinajstić information content (AvgIpc) is 2.08. The summed E-state index contributed by atoms with van der Waals surface area (Å²) in [4.78, 5) is 15.4. The number of aliphatic hydroxyl groups is 1. The van der Waals surface area contributed by atoms with Crippen molar-refractivity contribution in [2.75, 3.05) is 0 Å². The third-order valence-corrected chi connectivity index (χ3v) is 2.04. The molecule has 0 aliphatic carbocycles. The molecule has 0 saturated heterocycles. The fraction of sp³-hybridized carbons (Fsp3) is 0.600. The molecular formula is C10H16N2O2. The fourth-order valence-electron chi connectivity index (χ4n) is 1.24. The minimum atomic E-state index is -0.302. The van der Waals surface area contributed by atoms with Crippen LogP contribution < -0.4 is 5.56 Å². The molecule has 0 radical (unpaired) electrons. The van der Waals surface area contributed by atoms with E-state index in [2.05, 4.69) is 4.98 Å². The number of hydrogen-bond donors (Lipinski definition) is 1. The molecule has 1 atom stereocenters. The van der Waals surface area contributed by atoms with E-state index in [1.165, 1.54) is 6.07 Å². The van der Waals surface area contributed by atoms with Crippen LogP contribution in [-0.2, 0) is 6.54 Å². The Morgan fingerprint density at radius 2 is 2.36 bits per heavy atom. The molecule has 14 heavy (non-hydrogen) atoms. The Morgan fingerprint density at radius 1 is 1.64 bits per heavy atom. The average molecular weight is 196 g/mol.